The molecule has 3 rings (SSSR count). The van der Waals surface area contributed by atoms with E-state index in [4.69, 9.17) is 9.15 Å². The summed E-state index contributed by atoms with van der Waals surface area (Å²) in [7, 11) is 0. The highest BCUT2D eigenvalue weighted by Gasteiger charge is 2.19. The molecule has 0 saturated carbocycles. The Morgan fingerprint density at radius 2 is 2.50 bits per heavy atom. The van der Waals surface area contributed by atoms with Crippen molar-refractivity contribution in [2.45, 2.75) is 19.1 Å². The summed E-state index contributed by atoms with van der Waals surface area (Å²) >= 11 is 0. The molecule has 0 bridgehead atoms. The van der Waals surface area contributed by atoms with Crippen molar-refractivity contribution in [3.05, 3.63) is 42.4 Å². The van der Waals surface area contributed by atoms with Crippen LogP contribution in [-0.2, 0) is 17.7 Å². The van der Waals surface area contributed by atoms with Gasteiger partial charge < -0.3 is 19.0 Å². The number of aromatic nitrogens is 2. The summed E-state index contributed by atoms with van der Waals surface area (Å²) in [6.45, 7) is 3.40. The van der Waals surface area contributed by atoms with Crippen molar-refractivity contribution in [3.63, 3.8) is 0 Å². The molecule has 1 aliphatic rings. The average molecular weight is 247 g/mol. The van der Waals surface area contributed by atoms with Crippen LogP contribution in [0.3, 0.4) is 0 Å². The van der Waals surface area contributed by atoms with E-state index in [-0.39, 0.29) is 6.10 Å². The van der Waals surface area contributed by atoms with Gasteiger partial charge in [-0.2, -0.15) is 0 Å². The summed E-state index contributed by atoms with van der Waals surface area (Å²) in [4.78, 5) is 4.22. The van der Waals surface area contributed by atoms with E-state index in [9.17, 15) is 0 Å². The van der Waals surface area contributed by atoms with Gasteiger partial charge in [0.05, 0.1) is 31.1 Å². The Hall–Kier alpha value is -1.59. The Morgan fingerprint density at radius 3 is 3.28 bits per heavy atom. The number of nitrogens with one attached hydrogen (secondary N) is 1. The van der Waals surface area contributed by atoms with E-state index >= 15 is 0 Å². The standard InChI is InChI=1S/C13H17N3O2/c1-2-11(17-6-1)3-5-16-10-15-8-12(16)13-9-14-4-7-18-13/h1-2,6,8,10,13-14H,3-5,7,9H2. The van der Waals surface area contributed by atoms with Gasteiger partial charge in [-0.25, -0.2) is 4.98 Å². The van der Waals surface area contributed by atoms with Crippen molar-refractivity contribution in [1.29, 1.82) is 0 Å². The predicted octanol–water partition coefficient (Wildman–Crippen LogP) is 1.38. The molecule has 1 unspecified atom stereocenters. The molecule has 0 aromatic carbocycles. The summed E-state index contributed by atoms with van der Waals surface area (Å²) < 4.78 is 13.2. The van der Waals surface area contributed by atoms with E-state index < -0.39 is 0 Å². The van der Waals surface area contributed by atoms with Crippen LogP contribution in [0.15, 0.2) is 35.3 Å². The van der Waals surface area contributed by atoms with Gasteiger partial charge >= 0.3 is 0 Å². The lowest BCUT2D eigenvalue weighted by atomic mass is 10.2. The van der Waals surface area contributed by atoms with E-state index in [2.05, 4.69) is 14.9 Å². The molecule has 0 radical (unpaired) electrons. The maximum atomic E-state index is 5.75. The van der Waals surface area contributed by atoms with E-state index in [0.29, 0.717) is 0 Å². The zero-order valence-electron chi connectivity index (χ0n) is 10.2. The molecule has 1 fully saturated rings. The van der Waals surface area contributed by atoms with Crippen molar-refractivity contribution in [2.24, 2.45) is 0 Å². The molecule has 0 spiro atoms. The first-order valence-corrected chi connectivity index (χ1v) is 6.28. The fourth-order valence-corrected chi connectivity index (χ4v) is 2.23. The summed E-state index contributed by atoms with van der Waals surface area (Å²) in [6.07, 6.45) is 6.43. The maximum Gasteiger partial charge on any atom is 0.111 e. The first-order valence-electron chi connectivity index (χ1n) is 6.28. The second kappa shape index (κ2) is 5.37. The molecule has 1 N–H and O–H groups in total. The fourth-order valence-electron chi connectivity index (χ4n) is 2.23. The van der Waals surface area contributed by atoms with Crippen LogP contribution in [0.1, 0.15) is 17.6 Å². The second-order valence-corrected chi connectivity index (χ2v) is 4.40. The van der Waals surface area contributed by atoms with E-state index in [1.54, 1.807) is 6.26 Å². The van der Waals surface area contributed by atoms with Crippen molar-refractivity contribution in [1.82, 2.24) is 14.9 Å². The van der Waals surface area contributed by atoms with Gasteiger partial charge in [-0.3, -0.25) is 0 Å². The number of aryl methyl sites for hydroxylation is 2. The lowest BCUT2D eigenvalue weighted by Gasteiger charge is -2.24. The summed E-state index contributed by atoms with van der Waals surface area (Å²) in [6, 6.07) is 3.91. The molecule has 2 aromatic rings. The summed E-state index contributed by atoms with van der Waals surface area (Å²) in [5.74, 6) is 0.998. The highest BCUT2D eigenvalue weighted by atomic mass is 16.5. The Morgan fingerprint density at radius 1 is 1.50 bits per heavy atom. The van der Waals surface area contributed by atoms with E-state index in [0.717, 1.165) is 44.1 Å². The number of imidazole rings is 1. The Balaban J connectivity index is 1.67. The van der Waals surface area contributed by atoms with Gasteiger partial charge in [0.1, 0.15) is 11.9 Å². The molecule has 18 heavy (non-hydrogen) atoms. The molecule has 1 saturated heterocycles. The minimum absolute atomic E-state index is 0.109. The molecular weight excluding hydrogens is 230 g/mol. The molecule has 0 aliphatic carbocycles. The normalized spacial score (nSPS) is 20.1. The zero-order chi connectivity index (χ0) is 12.2. The Labute approximate surface area is 106 Å². The highest BCUT2D eigenvalue weighted by Crippen LogP contribution is 2.18. The van der Waals surface area contributed by atoms with Crippen LogP contribution in [0, 0.1) is 0 Å². The van der Waals surface area contributed by atoms with Crippen LogP contribution >= 0.6 is 0 Å². The Kier molecular flexibility index (Phi) is 3.43. The third-order valence-electron chi connectivity index (χ3n) is 3.18. The zero-order valence-corrected chi connectivity index (χ0v) is 10.2. The van der Waals surface area contributed by atoms with Crippen molar-refractivity contribution in [2.75, 3.05) is 19.7 Å². The van der Waals surface area contributed by atoms with E-state index in [1.807, 2.05) is 24.7 Å². The van der Waals surface area contributed by atoms with Gasteiger partial charge in [-0.1, -0.05) is 0 Å². The van der Waals surface area contributed by atoms with Gasteiger partial charge in [0.15, 0.2) is 0 Å². The van der Waals surface area contributed by atoms with E-state index in [1.165, 1.54) is 0 Å². The number of hydrogen-bond donors (Lipinski definition) is 1. The van der Waals surface area contributed by atoms with Crippen LogP contribution in [-0.4, -0.2) is 29.2 Å². The monoisotopic (exact) mass is 247 g/mol. The van der Waals surface area contributed by atoms with Gasteiger partial charge in [-0.15, -0.1) is 0 Å². The third kappa shape index (κ3) is 2.47. The van der Waals surface area contributed by atoms with Crippen molar-refractivity contribution in [3.8, 4) is 0 Å². The highest BCUT2D eigenvalue weighted by molar-refractivity contribution is 5.06. The van der Waals surface area contributed by atoms with Crippen LogP contribution < -0.4 is 5.32 Å². The summed E-state index contributed by atoms with van der Waals surface area (Å²) in [5, 5.41) is 3.34. The summed E-state index contributed by atoms with van der Waals surface area (Å²) in [5.41, 5.74) is 1.13. The first-order chi connectivity index (χ1) is 8.93. The average Bonchev–Trinajstić information content (AvgIpc) is 3.09. The van der Waals surface area contributed by atoms with Gasteiger partial charge in [0, 0.05) is 26.1 Å². The lowest BCUT2D eigenvalue weighted by molar-refractivity contribution is 0.0227. The number of hydrogen-bond acceptors (Lipinski definition) is 4. The van der Waals surface area contributed by atoms with Crippen LogP contribution in [0.25, 0.3) is 0 Å². The Bertz CT molecular complexity index is 472. The topological polar surface area (TPSA) is 52.2 Å². The van der Waals surface area contributed by atoms with Crippen LogP contribution in [0.4, 0.5) is 0 Å². The molecule has 1 aliphatic heterocycles. The molecule has 96 valence electrons. The van der Waals surface area contributed by atoms with Gasteiger partial charge in [0.25, 0.3) is 0 Å². The molecule has 5 nitrogen and oxygen atoms in total. The first kappa shape index (κ1) is 11.5. The smallest absolute Gasteiger partial charge is 0.111 e. The maximum absolute atomic E-state index is 5.75. The van der Waals surface area contributed by atoms with Crippen molar-refractivity contribution >= 4 is 0 Å². The lowest BCUT2D eigenvalue weighted by Crippen LogP contribution is -2.34. The molecule has 1 atom stereocenters. The predicted molar refractivity (Wildman–Crippen MR) is 66.2 cm³/mol. The van der Waals surface area contributed by atoms with Crippen LogP contribution in [0.2, 0.25) is 0 Å². The van der Waals surface area contributed by atoms with Crippen molar-refractivity contribution < 1.29 is 9.15 Å². The largest absolute Gasteiger partial charge is 0.469 e. The third-order valence-corrected chi connectivity index (χ3v) is 3.18. The minimum Gasteiger partial charge on any atom is -0.469 e. The SMILES string of the molecule is c1coc(CCn2cncc2C2CNCCO2)c1. The fraction of sp³-hybridized carbons (Fsp3) is 0.462. The number of rotatable bonds is 4. The number of nitrogens with zero attached hydrogens (tertiary/aromatic N) is 2. The second-order valence-electron chi connectivity index (χ2n) is 4.40. The van der Waals surface area contributed by atoms with Crippen LogP contribution in [0.5, 0.6) is 0 Å². The number of ether oxygens (including phenoxy) is 1. The number of furan rings is 1. The van der Waals surface area contributed by atoms with Gasteiger partial charge in [0.2, 0.25) is 0 Å². The minimum atomic E-state index is 0.109. The molecule has 2 aromatic heterocycles. The number of morpholine rings is 1. The molecule has 0 amide bonds. The van der Waals surface area contributed by atoms with Gasteiger partial charge in [-0.05, 0) is 12.1 Å². The molecule has 5 heteroatoms. The quantitative estimate of drug-likeness (QED) is 0.886. The molecular formula is C13H17N3O2. The molecule has 3 heterocycles.